The third kappa shape index (κ3) is 4.35. The van der Waals surface area contributed by atoms with Gasteiger partial charge in [-0.05, 0) is 56.3 Å². The Bertz CT molecular complexity index is 1470. The molecule has 0 aliphatic carbocycles. The number of nitrogens with one attached hydrogen (secondary N) is 1. The summed E-state index contributed by atoms with van der Waals surface area (Å²) in [7, 11) is 3.38. The van der Waals surface area contributed by atoms with Gasteiger partial charge >= 0.3 is 0 Å². The number of aromatic nitrogens is 3. The van der Waals surface area contributed by atoms with Crippen LogP contribution in [0.25, 0.3) is 22.3 Å². The Morgan fingerprint density at radius 3 is 2.56 bits per heavy atom. The van der Waals surface area contributed by atoms with Crippen LogP contribution < -0.4 is 14.8 Å². The lowest BCUT2D eigenvalue weighted by atomic mass is 10.1. The highest BCUT2D eigenvalue weighted by Crippen LogP contribution is 2.35. The van der Waals surface area contributed by atoms with E-state index in [2.05, 4.69) is 10.4 Å². The van der Waals surface area contributed by atoms with Crippen molar-refractivity contribution in [1.82, 2.24) is 19.7 Å². The van der Waals surface area contributed by atoms with Crippen LogP contribution in [0.5, 0.6) is 11.5 Å². The molecule has 0 unspecified atom stereocenters. The second kappa shape index (κ2) is 9.33. The molecule has 9 nitrogen and oxygen atoms in total. The SMILES string of the molecule is CC(C)n1ncc2c(C(=O)Nc3cccc(C(=O)N(C)C)c3)cc(-c3ccc4c(c3)OCCO4)nc21. The van der Waals surface area contributed by atoms with Crippen LogP contribution >= 0.6 is 0 Å². The van der Waals surface area contributed by atoms with Crippen molar-refractivity contribution >= 4 is 28.5 Å². The van der Waals surface area contributed by atoms with E-state index in [1.165, 1.54) is 4.90 Å². The van der Waals surface area contributed by atoms with Crippen molar-refractivity contribution in [2.24, 2.45) is 0 Å². The molecule has 4 aromatic rings. The van der Waals surface area contributed by atoms with E-state index >= 15 is 0 Å². The van der Waals surface area contributed by atoms with E-state index in [0.29, 0.717) is 58.3 Å². The van der Waals surface area contributed by atoms with Gasteiger partial charge in [-0.2, -0.15) is 5.10 Å². The third-order valence-corrected chi connectivity index (χ3v) is 5.91. The number of ether oxygens (including phenoxy) is 2. The molecule has 0 saturated heterocycles. The molecule has 1 N–H and O–H groups in total. The average Bonchev–Trinajstić information content (AvgIpc) is 3.32. The normalized spacial score (nSPS) is 12.6. The van der Waals surface area contributed by atoms with Crippen molar-refractivity contribution in [2.45, 2.75) is 19.9 Å². The Kier molecular flexibility index (Phi) is 6.05. The summed E-state index contributed by atoms with van der Waals surface area (Å²) < 4.78 is 13.2. The maximum Gasteiger partial charge on any atom is 0.256 e. The van der Waals surface area contributed by atoms with Crippen molar-refractivity contribution in [3.8, 4) is 22.8 Å². The van der Waals surface area contributed by atoms with E-state index in [-0.39, 0.29) is 17.9 Å². The van der Waals surface area contributed by atoms with Gasteiger partial charge in [0.25, 0.3) is 11.8 Å². The molecule has 0 atom stereocenters. The van der Waals surface area contributed by atoms with Gasteiger partial charge in [0.1, 0.15) is 13.2 Å². The second-order valence-corrected chi connectivity index (χ2v) is 9.07. The number of carbonyl (C=O) groups excluding carboxylic acids is 2. The molecule has 0 fully saturated rings. The van der Waals surface area contributed by atoms with Gasteiger partial charge in [0, 0.05) is 37.0 Å². The van der Waals surface area contributed by atoms with Crippen LogP contribution in [0.1, 0.15) is 40.6 Å². The standard InChI is InChI=1S/C27H27N5O4/c1-16(2)32-25-21(15-28-32)20(26(33)29-19-7-5-6-18(12-19)27(34)31(3)4)14-22(30-25)17-8-9-23-24(13-17)36-11-10-35-23/h5-9,12-16H,10-11H2,1-4H3,(H,29,33). The molecule has 5 rings (SSSR count). The average molecular weight is 486 g/mol. The molecule has 0 saturated carbocycles. The Balaban J connectivity index is 1.57. The first-order valence-corrected chi connectivity index (χ1v) is 11.7. The summed E-state index contributed by atoms with van der Waals surface area (Å²) in [6.07, 6.45) is 1.66. The highest BCUT2D eigenvalue weighted by Gasteiger charge is 2.21. The smallest absolute Gasteiger partial charge is 0.256 e. The number of amides is 2. The van der Waals surface area contributed by atoms with Gasteiger partial charge in [0.05, 0.1) is 22.8 Å². The fourth-order valence-corrected chi connectivity index (χ4v) is 4.12. The van der Waals surface area contributed by atoms with Crippen molar-refractivity contribution < 1.29 is 19.1 Å². The zero-order valence-corrected chi connectivity index (χ0v) is 20.6. The molecule has 9 heteroatoms. The fourth-order valence-electron chi connectivity index (χ4n) is 4.12. The lowest BCUT2D eigenvalue weighted by Gasteiger charge is -2.19. The van der Waals surface area contributed by atoms with Crippen LogP contribution in [-0.2, 0) is 0 Å². The largest absolute Gasteiger partial charge is 0.486 e. The summed E-state index contributed by atoms with van der Waals surface area (Å²) in [5, 5.41) is 8.06. The number of fused-ring (bicyclic) bond motifs is 2. The number of carbonyl (C=O) groups is 2. The van der Waals surface area contributed by atoms with Gasteiger partial charge in [-0.15, -0.1) is 0 Å². The molecule has 3 heterocycles. The van der Waals surface area contributed by atoms with E-state index in [4.69, 9.17) is 14.5 Å². The lowest BCUT2D eigenvalue weighted by Crippen LogP contribution is -2.22. The minimum absolute atomic E-state index is 0.0511. The maximum atomic E-state index is 13.5. The second-order valence-electron chi connectivity index (χ2n) is 9.07. The Labute approximate surface area is 208 Å². The van der Waals surface area contributed by atoms with E-state index < -0.39 is 0 Å². The minimum Gasteiger partial charge on any atom is -0.486 e. The number of hydrogen-bond donors (Lipinski definition) is 1. The quantitative estimate of drug-likeness (QED) is 0.450. The van der Waals surface area contributed by atoms with Crippen molar-refractivity contribution in [1.29, 1.82) is 0 Å². The molecule has 0 radical (unpaired) electrons. The Hall–Kier alpha value is -4.40. The van der Waals surface area contributed by atoms with Gasteiger partial charge in [0.15, 0.2) is 17.1 Å². The fraction of sp³-hybridized carbons (Fsp3) is 0.259. The van der Waals surface area contributed by atoms with Crippen LogP contribution in [0.15, 0.2) is 54.7 Å². The number of nitrogens with zero attached hydrogens (tertiary/aromatic N) is 4. The molecule has 1 aliphatic heterocycles. The zero-order valence-electron chi connectivity index (χ0n) is 20.6. The molecule has 36 heavy (non-hydrogen) atoms. The number of hydrogen-bond acceptors (Lipinski definition) is 6. The van der Waals surface area contributed by atoms with Crippen LogP contribution in [-0.4, -0.2) is 58.8 Å². The zero-order chi connectivity index (χ0) is 25.4. The van der Waals surface area contributed by atoms with Gasteiger partial charge in [-0.1, -0.05) is 6.07 Å². The van der Waals surface area contributed by atoms with Crippen molar-refractivity contribution in [2.75, 3.05) is 32.6 Å². The molecule has 2 amide bonds. The van der Waals surface area contributed by atoms with Crippen LogP contribution in [0.3, 0.4) is 0 Å². The van der Waals surface area contributed by atoms with Crippen LogP contribution in [0.4, 0.5) is 5.69 Å². The molecule has 0 spiro atoms. The summed E-state index contributed by atoms with van der Waals surface area (Å²) in [5.41, 5.74) is 3.46. The van der Waals surface area contributed by atoms with Crippen LogP contribution in [0, 0.1) is 0 Å². The molecule has 1 aliphatic rings. The molecule has 0 bridgehead atoms. The predicted molar refractivity (Wildman–Crippen MR) is 137 cm³/mol. The highest BCUT2D eigenvalue weighted by atomic mass is 16.6. The Morgan fingerprint density at radius 2 is 1.81 bits per heavy atom. The first-order chi connectivity index (χ1) is 17.3. The number of anilines is 1. The van der Waals surface area contributed by atoms with Gasteiger partial charge < -0.3 is 19.7 Å². The Morgan fingerprint density at radius 1 is 1.03 bits per heavy atom. The van der Waals surface area contributed by atoms with E-state index in [1.54, 1.807) is 55.3 Å². The predicted octanol–water partition coefficient (Wildman–Crippen LogP) is 4.40. The van der Waals surface area contributed by atoms with Crippen molar-refractivity contribution in [3.05, 3.63) is 65.9 Å². The first-order valence-electron chi connectivity index (χ1n) is 11.7. The molecule has 2 aromatic carbocycles. The van der Waals surface area contributed by atoms with E-state index in [9.17, 15) is 9.59 Å². The van der Waals surface area contributed by atoms with Gasteiger partial charge in [-0.25, -0.2) is 9.67 Å². The van der Waals surface area contributed by atoms with Crippen molar-refractivity contribution in [3.63, 3.8) is 0 Å². The summed E-state index contributed by atoms with van der Waals surface area (Å²) >= 11 is 0. The topological polar surface area (TPSA) is 98.6 Å². The summed E-state index contributed by atoms with van der Waals surface area (Å²) in [5.74, 6) is 0.866. The number of rotatable bonds is 5. The molecule has 2 aromatic heterocycles. The number of pyridine rings is 1. The van der Waals surface area contributed by atoms with E-state index in [1.807, 2.05) is 32.0 Å². The highest BCUT2D eigenvalue weighted by molar-refractivity contribution is 6.13. The summed E-state index contributed by atoms with van der Waals surface area (Å²) in [6.45, 7) is 5.01. The molecule has 184 valence electrons. The summed E-state index contributed by atoms with van der Waals surface area (Å²) in [4.78, 5) is 32.2. The molecular formula is C27H27N5O4. The monoisotopic (exact) mass is 485 g/mol. The minimum atomic E-state index is -0.320. The maximum absolute atomic E-state index is 13.5. The number of benzene rings is 2. The van der Waals surface area contributed by atoms with Crippen LogP contribution in [0.2, 0.25) is 0 Å². The summed E-state index contributed by atoms with van der Waals surface area (Å²) in [6, 6.07) is 14.3. The third-order valence-electron chi connectivity index (χ3n) is 5.91. The van der Waals surface area contributed by atoms with Gasteiger partial charge in [0.2, 0.25) is 0 Å². The first kappa shape index (κ1) is 23.3. The lowest BCUT2D eigenvalue weighted by molar-refractivity contribution is 0.0827. The molecular weight excluding hydrogens is 458 g/mol. The van der Waals surface area contributed by atoms with Gasteiger partial charge in [-0.3, -0.25) is 9.59 Å². The van der Waals surface area contributed by atoms with E-state index in [0.717, 1.165) is 5.56 Å².